The fourth-order valence-electron chi connectivity index (χ4n) is 6.72. The van der Waals surface area contributed by atoms with Crippen molar-refractivity contribution in [2.24, 2.45) is 0 Å². The van der Waals surface area contributed by atoms with Gasteiger partial charge in [0.25, 0.3) is 11.5 Å². The Kier molecular flexibility index (Phi) is 8.48. The number of rotatable bonds is 6. The van der Waals surface area contributed by atoms with Crippen LogP contribution in [0.2, 0.25) is 5.02 Å². The maximum absolute atomic E-state index is 14.4. The van der Waals surface area contributed by atoms with Gasteiger partial charge in [-0.1, -0.05) is 30.7 Å². The molecule has 4 aromatic rings. The van der Waals surface area contributed by atoms with Gasteiger partial charge < -0.3 is 29.4 Å². The summed E-state index contributed by atoms with van der Waals surface area (Å²) in [6.07, 6.45) is 5.55. The number of likely N-dealkylation sites (tertiary alicyclic amines) is 1. The summed E-state index contributed by atoms with van der Waals surface area (Å²) >= 11 is 6.49. The molecule has 48 heavy (non-hydrogen) atoms. The highest BCUT2D eigenvalue weighted by atomic mass is 35.5. The lowest BCUT2D eigenvalue weighted by molar-refractivity contribution is -0.117. The Morgan fingerprint density at radius 1 is 1.15 bits per heavy atom. The van der Waals surface area contributed by atoms with Gasteiger partial charge in [0.2, 0.25) is 11.7 Å². The topological polar surface area (TPSA) is 166 Å². The highest BCUT2D eigenvalue weighted by Crippen LogP contribution is 2.41. The summed E-state index contributed by atoms with van der Waals surface area (Å²) in [4.78, 5) is 55.7. The number of carbonyl (C=O) groups is 2. The second kappa shape index (κ2) is 12.7. The highest BCUT2D eigenvalue weighted by Gasteiger charge is 2.46. The third-order valence-corrected chi connectivity index (χ3v) is 9.67. The lowest BCUT2D eigenvalue weighted by atomic mass is 9.81. The molecule has 6 heterocycles. The number of anilines is 1. The quantitative estimate of drug-likeness (QED) is 0.310. The Balaban J connectivity index is 1.27. The summed E-state index contributed by atoms with van der Waals surface area (Å²) in [6.45, 7) is 5.22. The monoisotopic (exact) mass is 674 g/mol. The minimum absolute atomic E-state index is 0.0690. The number of fused-ring (bicyclic) bond motifs is 3. The number of aromatic hydroxyl groups is 1. The number of carbonyl (C=O) groups excluding carboxylic acids is 2. The molecule has 1 spiro atoms. The molecule has 0 unspecified atom stereocenters. The van der Waals surface area contributed by atoms with Crippen molar-refractivity contribution in [3.63, 3.8) is 0 Å². The highest BCUT2D eigenvalue weighted by molar-refractivity contribution is 6.33. The molecular weight excluding hydrogens is 640 g/mol. The van der Waals surface area contributed by atoms with Gasteiger partial charge in [-0.05, 0) is 55.9 Å². The Hall–Kier alpha value is -4.66. The van der Waals surface area contributed by atoms with E-state index in [-0.39, 0.29) is 48.3 Å². The molecule has 3 aromatic heterocycles. The van der Waals surface area contributed by atoms with E-state index in [9.17, 15) is 19.5 Å². The van der Waals surface area contributed by atoms with E-state index in [1.807, 2.05) is 25.1 Å². The van der Waals surface area contributed by atoms with Gasteiger partial charge in [0, 0.05) is 25.2 Å². The first-order valence-electron chi connectivity index (χ1n) is 16.0. The fraction of sp³-hybridized carbons (Fsp3) is 0.424. The number of halogens is 1. The van der Waals surface area contributed by atoms with E-state index in [1.165, 1.54) is 10.8 Å². The van der Waals surface area contributed by atoms with Gasteiger partial charge in [0.05, 0.1) is 41.8 Å². The molecule has 3 aliphatic heterocycles. The number of piperidine rings is 1. The third kappa shape index (κ3) is 5.63. The summed E-state index contributed by atoms with van der Waals surface area (Å²) in [7, 11) is 0. The molecule has 1 saturated heterocycles. The zero-order valence-electron chi connectivity index (χ0n) is 26.7. The smallest absolute Gasteiger partial charge is 0.282 e. The molecular formula is C33H35ClN8O6. The Morgan fingerprint density at radius 2 is 1.96 bits per heavy atom. The zero-order valence-corrected chi connectivity index (χ0v) is 27.4. The molecule has 0 saturated carbocycles. The number of nitrogens with one attached hydrogen (secondary N) is 1. The average Bonchev–Trinajstić information content (AvgIpc) is 3.55. The van der Waals surface area contributed by atoms with E-state index in [0.717, 1.165) is 17.6 Å². The molecule has 250 valence electrons. The number of aryl methyl sites for hydroxylation is 2. The van der Waals surface area contributed by atoms with Crippen LogP contribution >= 0.6 is 11.6 Å². The van der Waals surface area contributed by atoms with E-state index in [1.54, 1.807) is 22.5 Å². The molecule has 0 atom stereocenters. The summed E-state index contributed by atoms with van der Waals surface area (Å²) in [5, 5.41) is 18.4. The number of benzene rings is 1. The number of hydrogen-bond acceptors (Lipinski definition) is 10. The van der Waals surface area contributed by atoms with Gasteiger partial charge >= 0.3 is 0 Å². The van der Waals surface area contributed by atoms with Gasteiger partial charge in [0.1, 0.15) is 18.5 Å². The predicted octanol–water partition coefficient (Wildman–Crippen LogP) is 3.06. The average molecular weight is 675 g/mol. The van der Waals surface area contributed by atoms with Crippen LogP contribution in [-0.4, -0.2) is 83.9 Å². The van der Waals surface area contributed by atoms with Crippen LogP contribution in [0, 0.1) is 6.92 Å². The van der Waals surface area contributed by atoms with Gasteiger partial charge in [-0.2, -0.15) is 9.50 Å². The molecule has 1 fully saturated rings. The summed E-state index contributed by atoms with van der Waals surface area (Å²) < 4.78 is 14.9. The molecule has 14 nitrogen and oxygen atoms in total. The summed E-state index contributed by atoms with van der Waals surface area (Å²) in [5.74, 6) is -0.368. The molecule has 0 radical (unpaired) electrons. The Morgan fingerprint density at radius 3 is 2.69 bits per heavy atom. The second-order valence-corrected chi connectivity index (χ2v) is 12.6. The standard InChI is InChI=1S/C33H35ClN8O6/c1-3-20-4-5-23(22(34)16-20)37-25(43)17-41-24-8-15-48-33(9-11-40(12-10-33)31(46)27-28(44)19(2)35-18-36-27)26(24)30(45)42-32(41)38-29(39-42)21-6-13-47-14-7-21/h4-6,16,18,44H,3,7-15,17H2,1-2H3,(H,37,43). The first kappa shape index (κ1) is 31.9. The first-order valence-corrected chi connectivity index (χ1v) is 16.4. The molecule has 0 bridgehead atoms. The van der Waals surface area contributed by atoms with Gasteiger partial charge in [0.15, 0.2) is 17.3 Å². The Bertz CT molecular complexity index is 2030. The predicted molar refractivity (Wildman–Crippen MR) is 175 cm³/mol. The molecule has 0 aliphatic carbocycles. The van der Waals surface area contributed by atoms with E-state index in [2.05, 4.69) is 20.4 Å². The maximum Gasteiger partial charge on any atom is 0.282 e. The lowest BCUT2D eigenvalue weighted by Crippen LogP contribution is -2.52. The number of amides is 2. The molecule has 3 aliphatic rings. The van der Waals surface area contributed by atoms with Crippen LogP contribution in [-0.2, 0) is 39.3 Å². The van der Waals surface area contributed by atoms with Gasteiger partial charge in [-0.15, -0.1) is 5.10 Å². The second-order valence-electron chi connectivity index (χ2n) is 12.2. The van der Waals surface area contributed by atoms with Gasteiger partial charge in [-0.3, -0.25) is 14.4 Å². The number of aromatic nitrogens is 6. The van der Waals surface area contributed by atoms with Crippen molar-refractivity contribution >= 4 is 40.5 Å². The van der Waals surface area contributed by atoms with Crippen LogP contribution in [0.1, 0.15) is 65.0 Å². The van der Waals surface area contributed by atoms with Gasteiger partial charge in [-0.25, -0.2) is 9.97 Å². The molecule has 7 rings (SSSR count). The largest absolute Gasteiger partial charge is 0.504 e. The summed E-state index contributed by atoms with van der Waals surface area (Å²) in [6, 6.07) is 5.52. The van der Waals surface area contributed by atoms with Crippen molar-refractivity contribution < 1.29 is 24.2 Å². The first-order chi connectivity index (χ1) is 23.2. The maximum atomic E-state index is 14.4. The summed E-state index contributed by atoms with van der Waals surface area (Å²) in [5.41, 5.74) is 2.29. The molecule has 2 amide bonds. The Labute approximate surface area is 280 Å². The van der Waals surface area contributed by atoms with Crippen LogP contribution in [0.5, 0.6) is 5.75 Å². The molecule has 2 N–H and O–H groups in total. The van der Waals surface area contributed by atoms with Crippen LogP contribution in [0.15, 0.2) is 35.4 Å². The van der Waals surface area contributed by atoms with E-state index in [4.69, 9.17) is 26.1 Å². The minimum atomic E-state index is -1.03. The fourth-order valence-corrected chi connectivity index (χ4v) is 6.97. The van der Waals surface area contributed by atoms with E-state index < -0.39 is 11.5 Å². The van der Waals surface area contributed by atoms with E-state index in [0.29, 0.717) is 79.0 Å². The van der Waals surface area contributed by atoms with Crippen molar-refractivity contribution in [3.8, 4) is 5.75 Å². The van der Waals surface area contributed by atoms with E-state index >= 15 is 0 Å². The normalized spacial score (nSPS) is 17.3. The van der Waals surface area contributed by atoms with Crippen molar-refractivity contribution in [1.29, 1.82) is 0 Å². The minimum Gasteiger partial charge on any atom is -0.504 e. The van der Waals surface area contributed by atoms with Crippen LogP contribution in [0.25, 0.3) is 11.4 Å². The zero-order chi connectivity index (χ0) is 33.6. The number of ether oxygens (including phenoxy) is 2. The van der Waals surface area contributed by atoms with Crippen LogP contribution < -0.4 is 10.9 Å². The van der Waals surface area contributed by atoms with Crippen molar-refractivity contribution in [2.45, 2.75) is 58.1 Å². The van der Waals surface area contributed by atoms with Crippen molar-refractivity contribution in [3.05, 3.63) is 80.0 Å². The third-order valence-electron chi connectivity index (χ3n) is 9.36. The van der Waals surface area contributed by atoms with Crippen molar-refractivity contribution in [2.75, 3.05) is 38.2 Å². The van der Waals surface area contributed by atoms with Crippen LogP contribution in [0.4, 0.5) is 5.69 Å². The van der Waals surface area contributed by atoms with Crippen LogP contribution in [0.3, 0.4) is 0 Å². The number of nitrogens with zero attached hydrogens (tertiary/aromatic N) is 7. The SMILES string of the molecule is CCc1ccc(NC(=O)Cn2c3c(c(=O)n4nc(C5=CCOCC5)nc24)C2(CCN(C(=O)c4ncnc(C)c4O)CC2)OCC3)c(Cl)c1. The molecule has 15 heteroatoms. The lowest BCUT2D eigenvalue weighted by Gasteiger charge is -2.44. The molecule has 1 aromatic carbocycles. The number of hydrogen-bond donors (Lipinski definition) is 2. The van der Waals surface area contributed by atoms with Crippen molar-refractivity contribution in [1.82, 2.24) is 34.0 Å².